The van der Waals surface area contributed by atoms with E-state index in [1.54, 1.807) is 45.9 Å². The molecule has 0 aliphatic heterocycles. The summed E-state index contributed by atoms with van der Waals surface area (Å²) in [4.78, 5) is 27.1. The van der Waals surface area contributed by atoms with Gasteiger partial charge in [-0.3, -0.25) is 0 Å². The first kappa shape index (κ1) is 18.5. The summed E-state index contributed by atoms with van der Waals surface area (Å²) >= 11 is 0. The second-order valence-corrected chi connectivity index (χ2v) is 5.61. The summed E-state index contributed by atoms with van der Waals surface area (Å²) in [6.07, 6.45) is -0.0217. The number of nitrogens with zero attached hydrogens (tertiary/aromatic N) is 1. The summed E-state index contributed by atoms with van der Waals surface area (Å²) in [7, 11) is 0. The average molecular weight is 318 g/mol. The van der Waals surface area contributed by atoms with Crippen molar-refractivity contribution in [2.24, 2.45) is 0 Å². The lowest BCUT2D eigenvalue weighted by Gasteiger charge is -2.19. The molecule has 0 radical (unpaired) electrons. The number of aromatic nitrogens is 1. The van der Waals surface area contributed by atoms with Crippen LogP contribution in [0.1, 0.15) is 50.3 Å². The largest absolute Gasteiger partial charge is 0.461 e. The predicted molar refractivity (Wildman–Crippen MR) is 85.9 cm³/mol. The topological polar surface area (TPSA) is 77.5 Å². The molecule has 0 aliphatic rings. The zero-order valence-corrected chi connectivity index (χ0v) is 13.9. The second-order valence-electron chi connectivity index (χ2n) is 5.61. The van der Waals surface area contributed by atoms with Crippen molar-refractivity contribution in [3.8, 4) is 11.8 Å². The summed E-state index contributed by atoms with van der Waals surface area (Å²) in [5, 5.41) is 2.61. The molecule has 124 valence electrons. The highest BCUT2D eigenvalue weighted by molar-refractivity contribution is 5.87. The standard InChI is InChI=1S/C17H22N2O4/c1-5-22-15(20)14-11-8-10-13(19-14)9-6-7-12-18-16(21)23-17(2,3)4/h8,10-11H,5,7,12H2,1-4H3,(H,18,21). The SMILES string of the molecule is CCOC(=O)c1cccc(C#CCCNC(=O)OC(C)(C)C)n1. The van der Waals surface area contributed by atoms with Crippen molar-refractivity contribution in [2.75, 3.05) is 13.2 Å². The second kappa shape index (κ2) is 8.79. The van der Waals surface area contributed by atoms with Crippen LogP contribution in [0.4, 0.5) is 4.79 Å². The molecule has 0 saturated carbocycles. The van der Waals surface area contributed by atoms with E-state index >= 15 is 0 Å². The van der Waals surface area contributed by atoms with Crippen LogP contribution in [-0.4, -0.2) is 35.8 Å². The van der Waals surface area contributed by atoms with Gasteiger partial charge in [0.1, 0.15) is 17.0 Å². The number of carbonyl (C=O) groups is 2. The molecule has 6 heteroatoms. The summed E-state index contributed by atoms with van der Waals surface area (Å²) in [6, 6.07) is 4.98. The van der Waals surface area contributed by atoms with E-state index in [0.717, 1.165) is 0 Å². The number of esters is 1. The highest BCUT2D eigenvalue weighted by atomic mass is 16.6. The summed E-state index contributed by atoms with van der Waals surface area (Å²) in [5.41, 5.74) is 0.186. The predicted octanol–water partition coefficient (Wildman–Crippen LogP) is 2.52. The first-order valence-electron chi connectivity index (χ1n) is 7.41. The Bertz CT molecular complexity index is 609. The third-order valence-corrected chi connectivity index (χ3v) is 2.37. The molecule has 0 aromatic carbocycles. The maximum atomic E-state index is 11.6. The number of pyridine rings is 1. The van der Waals surface area contributed by atoms with Crippen LogP contribution in [0.3, 0.4) is 0 Å². The molecule has 1 rings (SSSR count). The normalized spacial score (nSPS) is 10.3. The lowest BCUT2D eigenvalue weighted by Crippen LogP contribution is -2.32. The number of amides is 1. The number of hydrogen-bond acceptors (Lipinski definition) is 5. The molecule has 1 aromatic heterocycles. The molecule has 0 unspecified atom stereocenters. The van der Waals surface area contributed by atoms with Crippen LogP contribution in [0.25, 0.3) is 0 Å². The molecule has 6 nitrogen and oxygen atoms in total. The first-order valence-corrected chi connectivity index (χ1v) is 7.41. The molecular formula is C17H22N2O4. The fraction of sp³-hybridized carbons (Fsp3) is 0.471. The van der Waals surface area contributed by atoms with E-state index in [2.05, 4.69) is 22.1 Å². The Morgan fingerprint density at radius 2 is 2.04 bits per heavy atom. The lowest BCUT2D eigenvalue weighted by atomic mass is 10.2. The summed E-state index contributed by atoms with van der Waals surface area (Å²) in [6.45, 7) is 7.81. The zero-order valence-electron chi connectivity index (χ0n) is 13.9. The summed E-state index contributed by atoms with van der Waals surface area (Å²) in [5.74, 6) is 5.26. The van der Waals surface area contributed by atoms with Gasteiger partial charge in [0.05, 0.1) is 6.61 Å². The third kappa shape index (κ3) is 7.86. The number of alkyl carbamates (subject to hydrolysis) is 1. The van der Waals surface area contributed by atoms with Gasteiger partial charge in [0.25, 0.3) is 0 Å². The van der Waals surface area contributed by atoms with Gasteiger partial charge in [-0.05, 0) is 45.7 Å². The van der Waals surface area contributed by atoms with Crippen LogP contribution in [-0.2, 0) is 9.47 Å². The molecule has 1 amide bonds. The molecule has 1 aromatic rings. The Kier molecular flexibility index (Phi) is 7.07. The van der Waals surface area contributed by atoms with E-state index in [-0.39, 0.29) is 5.69 Å². The highest BCUT2D eigenvalue weighted by Gasteiger charge is 2.15. The van der Waals surface area contributed by atoms with E-state index in [1.165, 1.54) is 0 Å². The van der Waals surface area contributed by atoms with Crippen LogP contribution in [0.5, 0.6) is 0 Å². The minimum Gasteiger partial charge on any atom is -0.461 e. The number of nitrogens with one attached hydrogen (secondary N) is 1. The molecule has 1 N–H and O–H groups in total. The first-order chi connectivity index (χ1) is 10.8. The van der Waals surface area contributed by atoms with Crippen molar-refractivity contribution in [1.29, 1.82) is 0 Å². The molecule has 1 heterocycles. The number of carbonyl (C=O) groups excluding carboxylic acids is 2. The van der Waals surface area contributed by atoms with Gasteiger partial charge in [-0.15, -0.1) is 0 Å². The number of rotatable bonds is 4. The Morgan fingerprint density at radius 3 is 2.70 bits per heavy atom. The van der Waals surface area contributed by atoms with Gasteiger partial charge in [-0.2, -0.15) is 0 Å². The van der Waals surface area contributed by atoms with Crippen LogP contribution in [0, 0.1) is 11.8 Å². The molecule has 23 heavy (non-hydrogen) atoms. The minimum atomic E-state index is -0.521. The molecular weight excluding hydrogens is 296 g/mol. The van der Waals surface area contributed by atoms with Gasteiger partial charge in [-0.25, -0.2) is 14.6 Å². The van der Waals surface area contributed by atoms with Crippen molar-refractivity contribution in [2.45, 2.75) is 39.7 Å². The number of ether oxygens (including phenoxy) is 2. The minimum absolute atomic E-state index is 0.227. The molecule has 0 spiro atoms. The zero-order chi connectivity index (χ0) is 17.3. The molecule has 0 atom stereocenters. The maximum Gasteiger partial charge on any atom is 0.407 e. The van der Waals surface area contributed by atoms with Crippen molar-refractivity contribution in [1.82, 2.24) is 10.3 Å². The average Bonchev–Trinajstić information content (AvgIpc) is 2.45. The number of hydrogen-bond donors (Lipinski definition) is 1. The van der Waals surface area contributed by atoms with Crippen molar-refractivity contribution >= 4 is 12.1 Å². The van der Waals surface area contributed by atoms with Crippen LogP contribution < -0.4 is 5.32 Å². The fourth-order valence-corrected chi connectivity index (χ4v) is 1.52. The monoisotopic (exact) mass is 318 g/mol. The van der Waals surface area contributed by atoms with Gasteiger partial charge < -0.3 is 14.8 Å². The van der Waals surface area contributed by atoms with E-state index in [0.29, 0.717) is 25.3 Å². The fourth-order valence-electron chi connectivity index (χ4n) is 1.52. The van der Waals surface area contributed by atoms with E-state index in [1.807, 2.05) is 0 Å². The quantitative estimate of drug-likeness (QED) is 0.524. The Labute approximate surface area is 136 Å². The molecule has 0 bridgehead atoms. The van der Waals surface area contributed by atoms with Crippen molar-refractivity contribution in [3.05, 3.63) is 29.6 Å². The highest BCUT2D eigenvalue weighted by Crippen LogP contribution is 2.06. The van der Waals surface area contributed by atoms with Gasteiger partial charge in [-0.1, -0.05) is 12.0 Å². The van der Waals surface area contributed by atoms with Gasteiger partial charge in [0, 0.05) is 13.0 Å². The molecule has 0 fully saturated rings. The van der Waals surface area contributed by atoms with E-state index < -0.39 is 17.7 Å². The van der Waals surface area contributed by atoms with Crippen LogP contribution in [0.15, 0.2) is 18.2 Å². The van der Waals surface area contributed by atoms with Gasteiger partial charge in [0.15, 0.2) is 0 Å². The van der Waals surface area contributed by atoms with E-state index in [4.69, 9.17) is 9.47 Å². The van der Waals surface area contributed by atoms with Crippen molar-refractivity contribution in [3.63, 3.8) is 0 Å². The maximum absolute atomic E-state index is 11.6. The Balaban J connectivity index is 2.46. The van der Waals surface area contributed by atoms with Crippen LogP contribution >= 0.6 is 0 Å². The van der Waals surface area contributed by atoms with Crippen LogP contribution in [0.2, 0.25) is 0 Å². The smallest absolute Gasteiger partial charge is 0.407 e. The van der Waals surface area contributed by atoms with Gasteiger partial charge >= 0.3 is 12.1 Å². The Hall–Kier alpha value is -2.55. The third-order valence-electron chi connectivity index (χ3n) is 2.37. The van der Waals surface area contributed by atoms with Gasteiger partial charge in [0.2, 0.25) is 0 Å². The lowest BCUT2D eigenvalue weighted by molar-refractivity contribution is 0.0512. The molecule has 0 saturated heterocycles. The van der Waals surface area contributed by atoms with Crippen molar-refractivity contribution < 1.29 is 19.1 Å². The molecule has 0 aliphatic carbocycles. The summed E-state index contributed by atoms with van der Waals surface area (Å²) < 4.78 is 9.99. The Morgan fingerprint density at radius 1 is 1.30 bits per heavy atom. The van der Waals surface area contributed by atoms with E-state index in [9.17, 15) is 9.59 Å².